The molecule has 196 valence electrons. The molecular formula is C22H28FN3O9P+. The molecule has 1 fully saturated rings. The maximum absolute atomic E-state index is 15.4. The highest BCUT2D eigenvalue weighted by molar-refractivity contribution is 7.36. The number of hydroxylamine groups is 1. The maximum Gasteiger partial charge on any atom is 0.693 e. The molecule has 0 bridgehead atoms. The van der Waals surface area contributed by atoms with Gasteiger partial charge >= 0.3 is 19.8 Å². The van der Waals surface area contributed by atoms with Crippen LogP contribution in [0.2, 0.25) is 0 Å². The van der Waals surface area contributed by atoms with Gasteiger partial charge in [0.2, 0.25) is 0 Å². The van der Waals surface area contributed by atoms with Gasteiger partial charge in [-0.3, -0.25) is 24.0 Å². The highest BCUT2D eigenvalue weighted by atomic mass is 31.1. The molecule has 1 aliphatic heterocycles. The lowest BCUT2D eigenvalue weighted by atomic mass is 9.98. The lowest BCUT2D eigenvalue weighted by Gasteiger charge is -2.24. The molecule has 0 radical (unpaired) electrons. The van der Waals surface area contributed by atoms with Crippen molar-refractivity contribution >= 4 is 14.1 Å². The molecule has 1 saturated heterocycles. The Kier molecular flexibility index (Phi) is 8.75. The van der Waals surface area contributed by atoms with Crippen LogP contribution in [-0.2, 0) is 23.7 Å². The summed E-state index contributed by atoms with van der Waals surface area (Å²) in [6, 6.07) is 7.93. The van der Waals surface area contributed by atoms with Crippen molar-refractivity contribution < 1.29 is 37.7 Å². The Balaban J connectivity index is 1.79. The number of para-hydroxylation sites is 1. The Bertz CT molecular complexity index is 1190. The highest BCUT2D eigenvalue weighted by Gasteiger charge is 2.56. The minimum atomic E-state index is -2.80. The first-order valence-electron chi connectivity index (χ1n) is 11.1. The number of alkyl halides is 1. The third kappa shape index (κ3) is 6.23. The Morgan fingerprint density at radius 2 is 1.94 bits per heavy atom. The van der Waals surface area contributed by atoms with Crippen molar-refractivity contribution in [1.29, 1.82) is 0 Å². The van der Waals surface area contributed by atoms with Crippen molar-refractivity contribution in [3.63, 3.8) is 0 Å². The topological polar surface area (TPSA) is 149 Å². The number of esters is 1. The van der Waals surface area contributed by atoms with E-state index in [2.05, 4.69) is 0 Å². The first-order valence-corrected chi connectivity index (χ1v) is 12.2. The third-order valence-corrected chi connectivity index (χ3v) is 6.45. The fourth-order valence-corrected chi connectivity index (χ4v) is 4.37. The maximum atomic E-state index is 15.4. The lowest BCUT2D eigenvalue weighted by molar-refractivity contribution is -0.183. The quantitative estimate of drug-likeness (QED) is 0.266. The van der Waals surface area contributed by atoms with Crippen LogP contribution in [0.3, 0.4) is 0 Å². The predicted octanol–water partition coefficient (Wildman–Crippen LogP) is 1.83. The molecule has 1 aromatic heterocycles. The number of hydrogen-bond acceptors (Lipinski definition) is 9. The number of benzene rings is 1. The van der Waals surface area contributed by atoms with Gasteiger partial charge in [0, 0.05) is 16.8 Å². The summed E-state index contributed by atoms with van der Waals surface area (Å²) in [5.41, 5.74) is -4.09. The van der Waals surface area contributed by atoms with E-state index < -0.39 is 68.3 Å². The molecule has 3 rings (SSSR count). The van der Waals surface area contributed by atoms with Crippen molar-refractivity contribution in [2.45, 2.75) is 63.9 Å². The number of H-pyrrole nitrogens is 1. The number of aliphatic hydroxyl groups excluding tert-OH is 1. The number of carbonyl (C=O) groups excluding carboxylic acids is 1. The normalized spacial score (nSPS) is 25.1. The van der Waals surface area contributed by atoms with E-state index in [4.69, 9.17) is 18.8 Å². The molecule has 6 atom stereocenters. The average molecular weight is 528 g/mol. The van der Waals surface area contributed by atoms with E-state index in [0.717, 1.165) is 28.6 Å². The molecule has 12 nitrogen and oxygen atoms in total. The molecule has 36 heavy (non-hydrogen) atoms. The molecule has 14 heteroatoms. The molecular weight excluding hydrogens is 500 g/mol. The Hall–Kier alpha value is -2.96. The summed E-state index contributed by atoms with van der Waals surface area (Å²) < 4.78 is 45.3. The fourth-order valence-electron chi connectivity index (χ4n) is 3.45. The second-order valence-corrected chi connectivity index (χ2v) is 9.59. The van der Waals surface area contributed by atoms with Gasteiger partial charge in [-0.05, 0) is 39.8 Å². The van der Waals surface area contributed by atoms with Crippen LogP contribution in [0, 0.1) is 0 Å². The number of nitrogens with zero attached hydrogens (tertiary/aromatic N) is 2. The second-order valence-electron chi connectivity index (χ2n) is 8.54. The molecule has 2 aromatic rings. The summed E-state index contributed by atoms with van der Waals surface area (Å²) in [6.45, 7) is 5.12. The largest absolute Gasteiger partial charge is 0.693 e. The molecule has 2 N–H and O–H groups in total. The molecule has 0 amide bonds. The number of nitrogens with one attached hydrogen (secondary N) is 1. The minimum absolute atomic E-state index is 0.239. The highest BCUT2D eigenvalue weighted by Crippen LogP contribution is 2.41. The Morgan fingerprint density at radius 3 is 2.56 bits per heavy atom. The van der Waals surface area contributed by atoms with Crippen molar-refractivity contribution in [2.75, 3.05) is 6.61 Å². The summed E-state index contributed by atoms with van der Waals surface area (Å²) in [7, 11) is -2.80. The number of hydrogen-bond donors (Lipinski definition) is 2. The van der Waals surface area contributed by atoms with Crippen LogP contribution >= 0.6 is 8.18 Å². The fraction of sp³-hybridized carbons (Fsp3) is 0.500. The van der Waals surface area contributed by atoms with E-state index in [1.165, 1.54) is 6.92 Å². The number of rotatable bonds is 10. The van der Waals surface area contributed by atoms with Crippen LogP contribution in [0.1, 0.15) is 33.9 Å². The Labute approximate surface area is 206 Å². The van der Waals surface area contributed by atoms with Crippen LogP contribution in [0.5, 0.6) is 5.75 Å². The number of aromatic amines is 1. The van der Waals surface area contributed by atoms with Crippen molar-refractivity contribution in [3.8, 4) is 5.75 Å². The Morgan fingerprint density at radius 1 is 1.28 bits per heavy atom. The molecule has 0 spiro atoms. The predicted molar refractivity (Wildman–Crippen MR) is 124 cm³/mol. The van der Waals surface area contributed by atoms with Crippen molar-refractivity contribution in [3.05, 3.63) is 63.4 Å². The number of ether oxygens (including phenoxy) is 2. The standard InChI is InChI=1S/C22H27FN3O9P/c1-13(2)33-19(29)14(3)26(36(31)35-15-8-6-5-7-9-15)32-12-16-18(28)22(4,23)20(34-16)25-11-10-17(27)24-21(25)30/h5-11,13-14,16,18,20,28H,12H2,1-4H3/p+1/t14-,16?,18?,20+,22+/m0/s1. The second kappa shape index (κ2) is 11.4. The summed E-state index contributed by atoms with van der Waals surface area (Å²) in [5.74, 6) is -0.520. The smallest absolute Gasteiger partial charge is 0.462 e. The summed E-state index contributed by atoms with van der Waals surface area (Å²) in [4.78, 5) is 44.3. The monoisotopic (exact) mass is 528 g/mol. The van der Waals surface area contributed by atoms with Crippen molar-refractivity contribution in [1.82, 2.24) is 14.4 Å². The zero-order valence-electron chi connectivity index (χ0n) is 20.1. The van der Waals surface area contributed by atoms with Crippen LogP contribution in [0.15, 0.2) is 52.2 Å². The summed E-state index contributed by atoms with van der Waals surface area (Å²) in [6.07, 6.45) is -4.15. The third-order valence-electron chi connectivity index (χ3n) is 5.30. The molecule has 0 aliphatic carbocycles. The average Bonchev–Trinajstić information content (AvgIpc) is 3.03. The van der Waals surface area contributed by atoms with Gasteiger partial charge in [-0.25, -0.2) is 13.7 Å². The lowest BCUT2D eigenvalue weighted by Crippen LogP contribution is -2.44. The number of carbonyl (C=O) groups is 1. The van der Waals surface area contributed by atoms with Gasteiger partial charge < -0.3 is 14.6 Å². The van der Waals surface area contributed by atoms with Crippen LogP contribution in [0.25, 0.3) is 0 Å². The van der Waals surface area contributed by atoms with Gasteiger partial charge in [0.05, 0.1) is 10.9 Å². The van der Waals surface area contributed by atoms with Gasteiger partial charge in [-0.1, -0.05) is 18.2 Å². The first kappa shape index (κ1) is 27.6. The number of aromatic nitrogens is 2. The van der Waals surface area contributed by atoms with E-state index in [9.17, 15) is 24.1 Å². The minimum Gasteiger partial charge on any atom is -0.462 e. The van der Waals surface area contributed by atoms with Gasteiger partial charge in [0.25, 0.3) is 5.56 Å². The molecule has 0 saturated carbocycles. The van der Waals surface area contributed by atoms with Gasteiger partial charge in [-0.15, -0.1) is 0 Å². The van der Waals surface area contributed by atoms with Crippen LogP contribution in [-0.4, -0.2) is 62.1 Å². The van der Waals surface area contributed by atoms with Gasteiger partial charge in [-0.2, -0.15) is 0 Å². The van der Waals surface area contributed by atoms with E-state index in [0.29, 0.717) is 0 Å². The van der Waals surface area contributed by atoms with E-state index in [-0.39, 0.29) is 5.75 Å². The van der Waals surface area contributed by atoms with Crippen LogP contribution in [0.4, 0.5) is 4.39 Å². The SMILES string of the molecule is CC(C)OC(=O)[C@H](C)N(OCC1O[C@@H](n2ccc(=O)[nH]c2=O)[C@](C)(F)C1O)[P+](=O)Oc1ccccc1. The number of aliphatic hydroxyl groups is 1. The molecule has 1 aliphatic rings. The zero-order valence-corrected chi connectivity index (χ0v) is 21.0. The van der Waals surface area contributed by atoms with E-state index in [1.54, 1.807) is 44.2 Å². The van der Waals surface area contributed by atoms with Gasteiger partial charge in [0.15, 0.2) is 23.7 Å². The van der Waals surface area contributed by atoms with E-state index >= 15 is 4.39 Å². The molecule has 1 aromatic carbocycles. The molecule has 2 heterocycles. The van der Waals surface area contributed by atoms with Crippen LogP contribution < -0.4 is 15.8 Å². The van der Waals surface area contributed by atoms with Gasteiger partial charge in [0.1, 0.15) is 18.8 Å². The molecule has 3 unspecified atom stereocenters. The van der Waals surface area contributed by atoms with E-state index in [1.807, 2.05) is 4.98 Å². The first-order chi connectivity index (χ1) is 16.9. The summed E-state index contributed by atoms with van der Waals surface area (Å²) in [5, 5.41) is 10.6. The summed E-state index contributed by atoms with van der Waals surface area (Å²) >= 11 is 0. The number of halogens is 1. The van der Waals surface area contributed by atoms with Crippen molar-refractivity contribution in [2.24, 2.45) is 0 Å². The zero-order chi connectivity index (χ0) is 26.6.